The zero-order valence-corrected chi connectivity index (χ0v) is 21.9. The maximum Gasteiger partial charge on any atom is 0.408 e. The highest BCUT2D eigenvalue weighted by molar-refractivity contribution is 7.21. The Hall–Kier alpha value is -4.11. The Kier molecular flexibility index (Phi) is 6.48. The number of amides is 1. The van der Waals surface area contributed by atoms with E-state index in [4.69, 9.17) is 9.72 Å². The van der Waals surface area contributed by atoms with Gasteiger partial charge in [-0.15, -0.1) is 0 Å². The zero-order chi connectivity index (χ0) is 27.1. The van der Waals surface area contributed by atoms with Crippen molar-refractivity contribution in [1.29, 1.82) is 0 Å². The minimum Gasteiger partial charge on any atom is -0.480 e. The molecular weight excluding hydrogens is 505 g/mol. The first-order valence-corrected chi connectivity index (χ1v) is 12.9. The highest BCUT2D eigenvalue weighted by Crippen LogP contribution is 2.45. The maximum absolute atomic E-state index is 15.2. The van der Waals surface area contributed by atoms with Crippen LogP contribution in [0, 0.1) is 5.82 Å². The number of carboxylic acid groups (broad SMARTS) is 1. The van der Waals surface area contributed by atoms with E-state index in [1.165, 1.54) is 17.4 Å². The minimum atomic E-state index is -1.27. The molecule has 4 aromatic rings. The van der Waals surface area contributed by atoms with Crippen LogP contribution in [-0.2, 0) is 21.4 Å². The van der Waals surface area contributed by atoms with E-state index in [2.05, 4.69) is 34.6 Å². The number of hydrogen-bond acceptors (Lipinski definition) is 6. The molecule has 1 atom stereocenters. The van der Waals surface area contributed by atoms with Crippen LogP contribution in [0.5, 0.6) is 0 Å². The molecule has 1 aliphatic rings. The number of halogens is 1. The molecule has 1 amide bonds. The number of aliphatic carboxylic acids is 1. The number of fused-ring (bicyclic) bond motifs is 1. The lowest BCUT2D eigenvalue weighted by Crippen LogP contribution is -2.44. The molecule has 194 valence electrons. The molecule has 0 bridgehead atoms. The third-order valence-corrected chi connectivity index (χ3v) is 7.12. The van der Waals surface area contributed by atoms with Crippen LogP contribution in [0.4, 0.5) is 9.18 Å². The van der Waals surface area contributed by atoms with E-state index in [0.717, 1.165) is 11.3 Å². The van der Waals surface area contributed by atoms with Crippen LogP contribution in [0.15, 0.2) is 72.8 Å². The fraction of sp³-hybridized carbons (Fsp3) is 0.241. The summed E-state index contributed by atoms with van der Waals surface area (Å²) in [6.07, 6.45) is 3.27. The fourth-order valence-electron chi connectivity index (χ4n) is 4.22. The highest BCUT2D eigenvalue weighted by Gasteiger charge is 2.39. The molecule has 2 aromatic heterocycles. The summed E-state index contributed by atoms with van der Waals surface area (Å²) in [7, 11) is 0. The smallest absolute Gasteiger partial charge is 0.408 e. The maximum atomic E-state index is 15.2. The van der Waals surface area contributed by atoms with Gasteiger partial charge in [-0.05, 0) is 56.2 Å². The van der Waals surface area contributed by atoms with Gasteiger partial charge in [0, 0.05) is 12.0 Å². The van der Waals surface area contributed by atoms with Crippen molar-refractivity contribution in [3.05, 3.63) is 95.5 Å². The summed E-state index contributed by atoms with van der Waals surface area (Å²) >= 11 is 1.30. The lowest BCUT2D eigenvalue weighted by molar-refractivity contribution is -0.139. The van der Waals surface area contributed by atoms with Gasteiger partial charge in [0.15, 0.2) is 0 Å². The average Bonchev–Trinajstić information content (AvgIpc) is 3.56. The second-order valence-corrected chi connectivity index (χ2v) is 11.1. The molecule has 2 heterocycles. The van der Waals surface area contributed by atoms with Crippen LogP contribution < -0.4 is 5.32 Å². The molecule has 2 N–H and O–H groups in total. The van der Waals surface area contributed by atoms with Gasteiger partial charge in [0.1, 0.15) is 32.8 Å². The van der Waals surface area contributed by atoms with Gasteiger partial charge in [-0.25, -0.2) is 23.9 Å². The first kappa shape index (κ1) is 25.5. The summed E-state index contributed by atoms with van der Waals surface area (Å²) in [6.45, 7) is 5.04. The van der Waals surface area contributed by atoms with Crippen molar-refractivity contribution in [2.24, 2.45) is 0 Å². The van der Waals surface area contributed by atoms with Gasteiger partial charge in [0.05, 0.1) is 11.1 Å². The second kappa shape index (κ2) is 9.64. The SMILES string of the molecule is CC(C)(C)OC(=O)N[C@H](Cc1ccc(-c2nc3ccc(C4(c5ccccc5)C=C4)nc3s2)c(F)c1)C(=O)O. The van der Waals surface area contributed by atoms with E-state index in [9.17, 15) is 14.7 Å². The molecule has 38 heavy (non-hydrogen) atoms. The zero-order valence-electron chi connectivity index (χ0n) is 21.1. The Balaban J connectivity index is 1.36. The second-order valence-electron chi connectivity index (χ2n) is 10.2. The number of hydrogen-bond donors (Lipinski definition) is 2. The number of pyridine rings is 1. The van der Waals surface area contributed by atoms with Crippen LogP contribution in [0.3, 0.4) is 0 Å². The van der Waals surface area contributed by atoms with Gasteiger partial charge >= 0.3 is 12.1 Å². The molecule has 0 radical (unpaired) electrons. The van der Waals surface area contributed by atoms with Crippen LogP contribution in [-0.4, -0.2) is 38.8 Å². The number of carbonyl (C=O) groups is 2. The van der Waals surface area contributed by atoms with E-state index in [1.807, 2.05) is 30.3 Å². The Bertz CT molecular complexity index is 1550. The summed E-state index contributed by atoms with van der Waals surface area (Å²) in [6, 6.07) is 17.2. The van der Waals surface area contributed by atoms with Gasteiger partial charge in [-0.2, -0.15) is 0 Å². The van der Waals surface area contributed by atoms with Crippen molar-refractivity contribution in [2.45, 2.75) is 44.2 Å². The Morgan fingerprint density at radius 1 is 1.08 bits per heavy atom. The lowest BCUT2D eigenvalue weighted by Gasteiger charge is -2.22. The molecule has 5 rings (SSSR count). The van der Waals surface area contributed by atoms with Gasteiger partial charge in [0.25, 0.3) is 0 Å². The van der Waals surface area contributed by atoms with Crippen LogP contribution in [0.1, 0.15) is 37.6 Å². The number of nitrogens with one attached hydrogen (secondary N) is 1. The molecule has 0 saturated carbocycles. The number of carbonyl (C=O) groups excluding carboxylic acids is 1. The van der Waals surface area contributed by atoms with Crippen LogP contribution in [0.2, 0.25) is 0 Å². The minimum absolute atomic E-state index is 0.106. The van der Waals surface area contributed by atoms with Crippen molar-refractivity contribution in [3.63, 3.8) is 0 Å². The summed E-state index contributed by atoms with van der Waals surface area (Å²) in [5, 5.41) is 12.3. The molecule has 2 aromatic carbocycles. The fourth-order valence-corrected chi connectivity index (χ4v) is 5.18. The predicted molar refractivity (Wildman–Crippen MR) is 144 cm³/mol. The van der Waals surface area contributed by atoms with Gasteiger partial charge in [-0.3, -0.25) is 0 Å². The van der Waals surface area contributed by atoms with E-state index in [0.29, 0.717) is 26.5 Å². The molecule has 0 fully saturated rings. The molecule has 0 aliphatic heterocycles. The Labute approximate surface area is 223 Å². The van der Waals surface area contributed by atoms with Crippen molar-refractivity contribution < 1.29 is 23.8 Å². The summed E-state index contributed by atoms with van der Waals surface area (Å²) in [5.74, 6) is -1.78. The third kappa shape index (κ3) is 5.28. The van der Waals surface area contributed by atoms with Gasteiger partial charge in [0.2, 0.25) is 0 Å². The van der Waals surface area contributed by atoms with Gasteiger partial charge < -0.3 is 15.2 Å². The van der Waals surface area contributed by atoms with Crippen molar-refractivity contribution >= 4 is 33.7 Å². The Morgan fingerprint density at radius 3 is 2.45 bits per heavy atom. The molecule has 0 saturated heterocycles. The Morgan fingerprint density at radius 2 is 1.82 bits per heavy atom. The number of rotatable bonds is 7. The third-order valence-electron chi connectivity index (χ3n) is 6.12. The molecule has 7 nitrogen and oxygen atoms in total. The number of allylic oxidation sites excluding steroid dienone is 2. The van der Waals surface area contributed by atoms with E-state index in [-0.39, 0.29) is 11.8 Å². The number of carboxylic acids is 1. The summed E-state index contributed by atoms with van der Waals surface area (Å²) in [4.78, 5) is 33.9. The monoisotopic (exact) mass is 531 g/mol. The normalized spacial score (nSPS) is 14.7. The van der Waals surface area contributed by atoms with Crippen molar-refractivity contribution in [1.82, 2.24) is 15.3 Å². The quantitative estimate of drug-likeness (QED) is 0.289. The van der Waals surface area contributed by atoms with Crippen molar-refractivity contribution in [3.8, 4) is 10.6 Å². The summed E-state index contributed by atoms with van der Waals surface area (Å²) in [5.41, 5.74) is 2.33. The number of alkyl carbamates (subject to hydrolysis) is 1. The molecule has 9 heteroatoms. The van der Waals surface area contributed by atoms with Gasteiger partial charge in [-0.1, -0.05) is 59.9 Å². The lowest BCUT2D eigenvalue weighted by atomic mass is 9.89. The van der Waals surface area contributed by atoms with Crippen LogP contribution >= 0.6 is 11.3 Å². The number of nitrogens with zero attached hydrogens (tertiary/aromatic N) is 2. The first-order valence-electron chi connectivity index (χ1n) is 12.1. The average molecular weight is 532 g/mol. The number of benzene rings is 2. The first-order chi connectivity index (χ1) is 18.0. The largest absolute Gasteiger partial charge is 0.480 e. The van der Waals surface area contributed by atoms with Crippen molar-refractivity contribution in [2.75, 3.05) is 0 Å². The molecular formula is C29H26FN3O4S. The predicted octanol–water partition coefficient (Wildman–Crippen LogP) is 5.87. The van der Waals surface area contributed by atoms with E-state index >= 15 is 4.39 Å². The number of ether oxygens (including phenoxy) is 1. The number of thiazole rings is 1. The molecule has 0 unspecified atom stereocenters. The highest BCUT2D eigenvalue weighted by atomic mass is 32.1. The van der Waals surface area contributed by atoms with E-state index in [1.54, 1.807) is 32.9 Å². The molecule has 0 spiro atoms. The van der Waals surface area contributed by atoms with E-state index < -0.39 is 29.5 Å². The standard InChI is InChI=1S/C29H26FN3O4S/c1-28(2,3)37-27(36)32-22(26(34)35)16-17-9-10-19(20(30)15-17)24-31-21-11-12-23(33-25(21)38-24)29(13-14-29)18-7-5-4-6-8-18/h4-15,22H,16H2,1-3H3,(H,32,36)(H,34,35)/t22-/m1/s1. The summed E-state index contributed by atoms with van der Waals surface area (Å²) < 4.78 is 20.3. The molecule has 1 aliphatic carbocycles. The van der Waals surface area contributed by atoms with Crippen LogP contribution in [0.25, 0.3) is 20.9 Å². The number of aromatic nitrogens is 2. The topological polar surface area (TPSA) is 101 Å².